The van der Waals surface area contributed by atoms with Crippen molar-refractivity contribution in [1.82, 2.24) is 61.6 Å². The van der Waals surface area contributed by atoms with Crippen LogP contribution in [0.4, 0.5) is 9.59 Å². The van der Waals surface area contributed by atoms with Gasteiger partial charge in [-0.05, 0) is 83.7 Å². The fraction of sp³-hybridized carbons (Fsp3) is 0.402. The number of esters is 2. The van der Waals surface area contributed by atoms with Gasteiger partial charge in [0.2, 0.25) is 41.2 Å². The number of nitrogens with zero attached hydrogens (tertiary/aromatic N) is 4. The number of carbonyl (C=O) groups excluding carboxylic acids is 13. The van der Waals surface area contributed by atoms with Crippen molar-refractivity contribution >= 4 is 91.5 Å². The number of aromatic nitrogens is 4. The molecular formula is C92H114B2N14O20. The molecular weight excluding hydrogens is 1640 g/mol. The van der Waals surface area contributed by atoms with Gasteiger partial charge in [0, 0.05) is 25.2 Å². The van der Waals surface area contributed by atoms with E-state index >= 15 is 0 Å². The van der Waals surface area contributed by atoms with E-state index in [1.54, 1.807) is 111 Å². The quantitative estimate of drug-likeness (QED) is 0.00788. The molecule has 2 aliphatic carbocycles. The molecule has 0 spiro atoms. The van der Waals surface area contributed by atoms with Crippen molar-refractivity contribution in [2.75, 3.05) is 13.1 Å². The Balaban J connectivity index is 0.000000330. The van der Waals surface area contributed by atoms with Gasteiger partial charge in [-0.2, -0.15) is 0 Å². The Morgan fingerprint density at radius 1 is 0.422 bits per heavy atom. The third-order valence-electron chi connectivity index (χ3n) is 20.8. The summed E-state index contributed by atoms with van der Waals surface area (Å²) in [6.45, 7) is 5.18. The number of nitrogens with one attached hydrogen (secondary N) is 8. The maximum atomic E-state index is 14.0. The van der Waals surface area contributed by atoms with Gasteiger partial charge < -0.3 is 78.1 Å². The maximum Gasteiger partial charge on any atom is 0.419 e. The zero-order valence-electron chi connectivity index (χ0n) is 72.3. The molecule has 2 aliphatic rings. The molecule has 0 bridgehead atoms. The molecule has 678 valence electrons. The first kappa shape index (κ1) is 102. The first-order valence-corrected chi connectivity index (χ1v) is 42.7. The van der Waals surface area contributed by atoms with Gasteiger partial charge in [-0.1, -0.05) is 247 Å². The Kier molecular flexibility index (Phi) is 44.4. The van der Waals surface area contributed by atoms with E-state index in [0.717, 1.165) is 110 Å². The van der Waals surface area contributed by atoms with Crippen LogP contribution in [0.3, 0.4) is 0 Å². The fourth-order valence-corrected chi connectivity index (χ4v) is 14.0. The van der Waals surface area contributed by atoms with E-state index in [0.29, 0.717) is 24.0 Å². The number of amides is 8. The number of aliphatic hydroxyl groups excluding tert-OH is 1. The zero-order chi connectivity index (χ0) is 92.5. The van der Waals surface area contributed by atoms with E-state index in [9.17, 15) is 67.4 Å². The van der Waals surface area contributed by atoms with Crippen LogP contribution in [0, 0.1) is 11.8 Å². The number of benzene rings is 6. The van der Waals surface area contributed by atoms with E-state index < -0.39 is 145 Å². The minimum absolute atomic E-state index is 0.0166. The number of ketones is 1. The molecule has 34 nitrogen and oxygen atoms in total. The van der Waals surface area contributed by atoms with Gasteiger partial charge in [0.05, 0.1) is 48.6 Å². The Morgan fingerprint density at radius 2 is 0.750 bits per heavy atom. The van der Waals surface area contributed by atoms with Crippen LogP contribution in [-0.2, 0) is 120 Å². The molecule has 13 N–H and O–H groups in total. The molecule has 6 aromatic carbocycles. The zero-order valence-corrected chi connectivity index (χ0v) is 72.3. The van der Waals surface area contributed by atoms with Crippen molar-refractivity contribution in [3.63, 3.8) is 0 Å². The smallest absolute Gasteiger partial charge is 0.419 e. The summed E-state index contributed by atoms with van der Waals surface area (Å²) in [7, 11) is 1.50. The van der Waals surface area contributed by atoms with E-state index in [4.69, 9.17) is 39.8 Å². The second-order valence-electron chi connectivity index (χ2n) is 30.4. The van der Waals surface area contributed by atoms with Crippen molar-refractivity contribution in [3.05, 3.63) is 252 Å². The molecule has 3 unspecified atom stereocenters. The molecule has 0 radical (unpaired) electrons. The minimum atomic E-state index is -1.81. The van der Waals surface area contributed by atoms with Crippen LogP contribution in [0.5, 0.6) is 0 Å². The van der Waals surface area contributed by atoms with Crippen molar-refractivity contribution < 1.29 is 95.8 Å². The van der Waals surface area contributed by atoms with Gasteiger partial charge in [0.1, 0.15) is 51.2 Å². The van der Waals surface area contributed by atoms with Crippen LogP contribution in [0.15, 0.2) is 207 Å². The summed E-state index contributed by atoms with van der Waals surface area (Å²) in [5.41, 5.74) is 17.3. The number of hydrogen-bond acceptors (Lipinski definition) is 24. The van der Waals surface area contributed by atoms with Crippen molar-refractivity contribution in [2.45, 2.75) is 211 Å². The van der Waals surface area contributed by atoms with Gasteiger partial charge in [-0.15, -0.1) is 0 Å². The average molecular weight is 1760 g/mol. The Bertz CT molecular complexity index is 4850. The van der Waals surface area contributed by atoms with Gasteiger partial charge in [-0.3, -0.25) is 43.2 Å². The standard InChI is InChI=1S/C45H55N7O9.C45H53N7O9.2CH3BO/c2*1-2-15-35(40(54)43(57)47-25-37(53)51-39(33-22-13-6-14-23-33)44(58)60-27-30-16-7-3-8-17-30)49-41(55)36(50-42(56)38(46)32-20-11-5-12-21-32)24-34-26-52(29-48-34)45(59)61-28-31-18-9-4-10-19-31;2*1-2-3/h3-4,6-10,13-14,16-19,22-23,26,29,32,35-36,38-40,54H,2,5,11-12,15,20-21,24-25,27-28,46H2,1H3,(H,47,57)(H,49,55)(H,50,56)(H,51,53);3-4,6-10,13-14,16-19,22-23,26,29,32,35-36,38-39H,2,5,11-12,15,20-21,24-25,27-28,46H2,1H3,(H,47,57)(H,49,55)(H,50,56)(H,51,53);2*1H3/t35?,36-,38-,39-,40?;35?,36-,38-,39-;;/m00../s1. The molecule has 2 fully saturated rings. The monoisotopic (exact) mass is 1760 g/mol. The number of rotatable bonds is 40. The number of imidazole rings is 2. The predicted octanol–water partition coefficient (Wildman–Crippen LogP) is 7.11. The summed E-state index contributed by atoms with van der Waals surface area (Å²) in [5.74, 6) is -8.83. The number of Topliss-reactive ketones (excluding diaryl/α,β-unsaturated/α-hetero) is 1. The first-order chi connectivity index (χ1) is 61.9. The van der Waals surface area contributed by atoms with Gasteiger partial charge in [0.25, 0.3) is 11.8 Å². The molecule has 9 atom stereocenters. The van der Waals surface area contributed by atoms with E-state index in [-0.39, 0.29) is 75.3 Å². The van der Waals surface area contributed by atoms with Gasteiger partial charge >= 0.3 is 61.5 Å². The summed E-state index contributed by atoms with van der Waals surface area (Å²) < 4.78 is 41.6. The molecule has 2 saturated carbocycles. The molecule has 36 heteroatoms. The van der Waals surface area contributed by atoms with Crippen LogP contribution in [0.2, 0.25) is 13.6 Å². The third-order valence-corrected chi connectivity index (χ3v) is 20.8. The third kappa shape index (κ3) is 34.9. The number of ether oxygens (including phenoxy) is 4. The molecule has 10 rings (SSSR count). The SMILES string of the molecule is CB=O.CB=O.CCCC(NC(=O)[C@H](Cc1cn(C(=O)OCc2ccccc2)cn1)NC(=O)[C@@H](N)C1CCCCC1)C(=O)C(=O)NCC(=O)N[C@H](C(=O)OCc1ccccc1)c1ccccc1.CCCC(NC(=O)[C@H](Cc1cn(C(=O)OCc2ccccc2)cn1)NC(=O)[C@@H](N)C1CCCCC1)C(O)C(=O)NCC(=O)N[C@H](C(=O)OCc1ccccc1)c1ccccc1. The summed E-state index contributed by atoms with van der Waals surface area (Å²) in [6.07, 6.45) is 11.7. The van der Waals surface area contributed by atoms with E-state index in [1.807, 2.05) is 84.9 Å². The number of nitrogens with two attached hydrogens (primary N) is 2. The second kappa shape index (κ2) is 55.9. The molecule has 8 aromatic rings. The number of aliphatic hydroxyl groups is 1. The normalized spacial score (nSPS) is 14.3. The van der Waals surface area contributed by atoms with Crippen LogP contribution in [0.25, 0.3) is 0 Å². The summed E-state index contributed by atoms with van der Waals surface area (Å²) in [6, 6.07) is 44.0. The van der Waals surface area contributed by atoms with E-state index in [2.05, 4.69) is 52.5 Å². The van der Waals surface area contributed by atoms with Crippen molar-refractivity contribution in [2.24, 2.45) is 23.3 Å². The van der Waals surface area contributed by atoms with Crippen LogP contribution >= 0.6 is 0 Å². The second-order valence-corrected chi connectivity index (χ2v) is 30.4. The number of carbonyl (C=O) groups is 13. The van der Waals surface area contributed by atoms with Crippen LogP contribution in [-0.4, -0.2) is 171 Å². The van der Waals surface area contributed by atoms with Crippen LogP contribution < -0.4 is 54.0 Å². The summed E-state index contributed by atoms with van der Waals surface area (Å²) >= 11 is 0. The first-order valence-electron chi connectivity index (χ1n) is 42.7. The Morgan fingerprint density at radius 3 is 1.11 bits per heavy atom. The van der Waals surface area contributed by atoms with Gasteiger partial charge in [-0.25, -0.2) is 38.3 Å². The molecule has 128 heavy (non-hydrogen) atoms. The molecule has 0 saturated heterocycles. The average Bonchev–Trinajstić information content (AvgIpc) is 1.48. The molecule has 0 aliphatic heterocycles. The van der Waals surface area contributed by atoms with E-state index in [1.165, 1.54) is 38.7 Å². The van der Waals surface area contributed by atoms with Crippen molar-refractivity contribution in [3.8, 4) is 0 Å². The van der Waals surface area contributed by atoms with Crippen LogP contribution in [0.1, 0.15) is 161 Å². The topological polar surface area (TPSA) is 497 Å². The van der Waals surface area contributed by atoms with Gasteiger partial charge in [0.15, 0.2) is 18.2 Å². The largest absolute Gasteiger partial charge is 0.459 e. The summed E-state index contributed by atoms with van der Waals surface area (Å²) in [5, 5.41) is 31.8. The number of hydrogen-bond donors (Lipinski definition) is 11. The summed E-state index contributed by atoms with van der Waals surface area (Å²) in [4.78, 5) is 181. The Labute approximate surface area is 744 Å². The molecule has 2 aromatic heterocycles. The minimum Gasteiger partial charge on any atom is -0.459 e. The predicted molar refractivity (Wildman–Crippen MR) is 471 cm³/mol. The molecule has 8 amide bonds. The van der Waals surface area contributed by atoms with Crippen molar-refractivity contribution in [1.29, 1.82) is 0 Å². The maximum absolute atomic E-state index is 14.0. The fourth-order valence-electron chi connectivity index (χ4n) is 14.0. The molecule has 2 heterocycles. The Hall–Kier alpha value is -13.3.